The molecule has 0 atom stereocenters. The fourth-order valence-electron chi connectivity index (χ4n) is 4.73. The quantitative estimate of drug-likeness (QED) is 0.303. The number of aromatic nitrogens is 3. The number of hydrogen-bond acceptors (Lipinski definition) is 7. The molecule has 0 radical (unpaired) electrons. The van der Waals surface area contributed by atoms with Crippen molar-refractivity contribution in [2.24, 2.45) is 0 Å². The molecular formula is C26H28FN5O4S. The van der Waals surface area contributed by atoms with Gasteiger partial charge in [-0.1, -0.05) is 12.1 Å². The van der Waals surface area contributed by atoms with Crippen LogP contribution in [0, 0.1) is 12.7 Å². The summed E-state index contributed by atoms with van der Waals surface area (Å²) < 4.78 is 45.6. The number of nitrogens with one attached hydrogen (secondary N) is 1. The first kappa shape index (κ1) is 25.3. The monoisotopic (exact) mass is 525 g/mol. The molecule has 5 N–H and O–H groups in total. The van der Waals surface area contributed by atoms with E-state index in [9.17, 15) is 23.0 Å². The van der Waals surface area contributed by atoms with Gasteiger partial charge in [-0.05, 0) is 68.0 Å². The highest BCUT2D eigenvalue weighted by Gasteiger charge is 2.26. The number of anilines is 1. The maximum Gasteiger partial charge on any atom is 0.240 e. The van der Waals surface area contributed by atoms with Gasteiger partial charge in [0.15, 0.2) is 11.5 Å². The third-order valence-corrected chi connectivity index (χ3v) is 8.34. The zero-order chi connectivity index (χ0) is 26.3. The number of aliphatic hydroxyl groups excluding tert-OH is 2. The lowest BCUT2D eigenvalue weighted by atomic mass is 9.94. The second-order valence-electron chi connectivity index (χ2n) is 9.42. The van der Waals surface area contributed by atoms with Crippen molar-refractivity contribution in [3.8, 4) is 22.5 Å². The Labute approximate surface area is 213 Å². The zero-order valence-corrected chi connectivity index (χ0v) is 21.0. The third kappa shape index (κ3) is 4.95. The van der Waals surface area contributed by atoms with Crippen LogP contribution in [0.1, 0.15) is 36.8 Å². The molecule has 0 bridgehead atoms. The number of halogens is 1. The Morgan fingerprint density at radius 1 is 1.14 bits per heavy atom. The van der Waals surface area contributed by atoms with E-state index >= 15 is 0 Å². The molecule has 0 aliphatic heterocycles. The summed E-state index contributed by atoms with van der Waals surface area (Å²) in [6, 6.07) is 9.02. The molecule has 2 heterocycles. The van der Waals surface area contributed by atoms with Gasteiger partial charge in [0.05, 0.1) is 35.2 Å². The van der Waals surface area contributed by atoms with Gasteiger partial charge in [0.2, 0.25) is 10.0 Å². The number of aryl methyl sites for hydroxylation is 1. The molecule has 2 aromatic heterocycles. The van der Waals surface area contributed by atoms with E-state index in [0.29, 0.717) is 48.2 Å². The zero-order valence-electron chi connectivity index (χ0n) is 20.2. The van der Waals surface area contributed by atoms with Crippen molar-refractivity contribution in [1.82, 2.24) is 19.1 Å². The predicted octanol–water partition coefficient (Wildman–Crippen LogP) is 3.17. The van der Waals surface area contributed by atoms with Crippen LogP contribution in [0.2, 0.25) is 0 Å². The van der Waals surface area contributed by atoms with Gasteiger partial charge in [-0.2, -0.15) is 0 Å². The van der Waals surface area contributed by atoms with Gasteiger partial charge in [0, 0.05) is 23.4 Å². The van der Waals surface area contributed by atoms with E-state index in [4.69, 9.17) is 5.73 Å². The van der Waals surface area contributed by atoms with E-state index in [1.807, 2.05) is 6.92 Å². The molecular weight excluding hydrogens is 497 g/mol. The van der Waals surface area contributed by atoms with Crippen LogP contribution >= 0.6 is 0 Å². The fourth-order valence-corrected chi connectivity index (χ4v) is 6.06. The summed E-state index contributed by atoms with van der Waals surface area (Å²) in [7, 11) is -3.80. The van der Waals surface area contributed by atoms with Crippen molar-refractivity contribution < 1.29 is 23.0 Å². The number of nitrogens with zero attached hydrogens (tertiary/aromatic N) is 3. The Hall–Kier alpha value is -3.38. The predicted molar refractivity (Wildman–Crippen MR) is 137 cm³/mol. The summed E-state index contributed by atoms with van der Waals surface area (Å²) in [5.74, 6) is -0.456. The van der Waals surface area contributed by atoms with Crippen LogP contribution in [0.3, 0.4) is 0 Å². The first-order valence-corrected chi connectivity index (χ1v) is 13.5. The molecule has 5 rings (SSSR count). The van der Waals surface area contributed by atoms with Gasteiger partial charge < -0.3 is 15.9 Å². The number of aliphatic hydroxyl groups is 2. The van der Waals surface area contributed by atoms with Crippen molar-refractivity contribution in [2.45, 2.75) is 56.3 Å². The summed E-state index contributed by atoms with van der Waals surface area (Å²) in [6.45, 7) is 1.58. The van der Waals surface area contributed by atoms with Crippen molar-refractivity contribution in [3.05, 3.63) is 65.7 Å². The van der Waals surface area contributed by atoms with Crippen LogP contribution in [-0.4, -0.2) is 45.1 Å². The van der Waals surface area contributed by atoms with Crippen molar-refractivity contribution in [2.75, 3.05) is 5.73 Å². The molecule has 0 unspecified atom stereocenters. The van der Waals surface area contributed by atoms with Crippen LogP contribution in [-0.2, 0) is 16.6 Å². The lowest BCUT2D eigenvalue weighted by Gasteiger charge is -2.26. The van der Waals surface area contributed by atoms with Gasteiger partial charge in [-0.3, -0.25) is 4.40 Å². The molecule has 0 amide bonds. The fraction of sp³-hybridized carbons (Fsp3) is 0.308. The largest absolute Gasteiger partial charge is 0.393 e. The Balaban J connectivity index is 1.55. The van der Waals surface area contributed by atoms with Crippen molar-refractivity contribution >= 4 is 21.5 Å². The van der Waals surface area contributed by atoms with E-state index in [1.54, 1.807) is 41.1 Å². The third-order valence-electron chi connectivity index (χ3n) is 6.82. The molecule has 9 nitrogen and oxygen atoms in total. The van der Waals surface area contributed by atoms with Gasteiger partial charge in [-0.15, -0.1) is 0 Å². The molecule has 1 saturated carbocycles. The summed E-state index contributed by atoms with van der Waals surface area (Å²) in [5, 5.41) is 19.0. The van der Waals surface area contributed by atoms with E-state index < -0.39 is 15.8 Å². The molecule has 11 heteroatoms. The first-order chi connectivity index (χ1) is 17.7. The number of hydrogen-bond donors (Lipinski definition) is 4. The molecule has 1 fully saturated rings. The molecule has 0 saturated heterocycles. The van der Waals surface area contributed by atoms with Crippen LogP contribution in [0.15, 0.2) is 53.7 Å². The topological polar surface area (TPSA) is 143 Å². The molecule has 37 heavy (non-hydrogen) atoms. The minimum absolute atomic E-state index is 0.0944. The van der Waals surface area contributed by atoms with Crippen LogP contribution in [0.5, 0.6) is 0 Å². The number of imidazole rings is 1. The Kier molecular flexibility index (Phi) is 6.71. The molecule has 1 aliphatic carbocycles. The van der Waals surface area contributed by atoms with Gasteiger partial charge >= 0.3 is 0 Å². The second-order valence-corrected chi connectivity index (χ2v) is 11.1. The van der Waals surface area contributed by atoms with Gasteiger partial charge in [0.25, 0.3) is 0 Å². The Bertz CT molecular complexity index is 1580. The average molecular weight is 526 g/mol. The molecule has 194 valence electrons. The average Bonchev–Trinajstić information content (AvgIpc) is 3.29. The SMILES string of the molecule is Cc1ccc(S(=O)(=O)NC2CCC(O)CC2)cc1-c1cnc2c(N)nc(-c3ccc(CO)cc3F)cn12. The number of rotatable bonds is 6. The maximum absolute atomic E-state index is 14.8. The number of benzene rings is 2. The highest BCUT2D eigenvalue weighted by molar-refractivity contribution is 7.89. The molecule has 4 aromatic rings. The lowest BCUT2D eigenvalue weighted by molar-refractivity contribution is 0.120. The highest BCUT2D eigenvalue weighted by Crippen LogP contribution is 2.31. The first-order valence-electron chi connectivity index (χ1n) is 12.0. The minimum Gasteiger partial charge on any atom is -0.393 e. The van der Waals surface area contributed by atoms with Gasteiger partial charge in [-0.25, -0.2) is 27.5 Å². The minimum atomic E-state index is -3.80. The Morgan fingerprint density at radius 2 is 1.89 bits per heavy atom. The van der Waals surface area contributed by atoms with Crippen molar-refractivity contribution in [3.63, 3.8) is 0 Å². The molecule has 1 aliphatic rings. The van der Waals surface area contributed by atoms with Gasteiger partial charge in [0.1, 0.15) is 5.82 Å². The molecule has 2 aromatic carbocycles. The standard InChI is InChI=1S/C26H28FN5O4S/c1-15-2-8-19(37(35,36)31-17-4-6-18(34)7-5-17)11-21(15)24-12-29-26-25(28)30-23(13-32(24)26)20-9-3-16(14-33)10-22(20)27/h2-3,8-13,17-18,31,33-34H,4-7,14H2,1H3,(H2,28,30). The van der Waals surface area contributed by atoms with E-state index in [2.05, 4.69) is 14.7 Å². The number of fused-ring (bicyclic) bond motifs is 1. The maximum atomic E-state index is 14.8. The lowest BCUT2D eigenvalue weighted by Crippen LogP contribution is -2.38. The smallest absolute Gasteiger partial charge is 0.240 e. The summed E-state index contributed by atoms with van der Waals surface area (Å²) in [6.07, 6.45) is 5.10. The van der Waals surface area contributed by atoms with Crippen LogP contribution in [0.25, 0.3) is 28.2 Å². The van der Waals surface area contributed by atoms with Crippen LogP contribution < -0.4 is 10.5 Å². The second kappa shape index (κ2) is 9.82. The molecule has 0 spiro atoms. The summed E-state index contributed by atoms with van der Waals surface area (Å²) in [4.78, 5) is 8.80. The number of nitrogens with two attached hydrogens (primary N) is 1. The number of nitrogen functional groups attached to an aromatic ring is 1. The van der Waals surface area contributed by atoms with Crippen LogP contribution in [0.4, 0.5) is 10.2 Å². The van der Waals surface area contributed by atoms with Crippen molar-refractivity contribution in [1.29, 1.82) is 0 Å². The summed E-state index contributed by atoms with van der Waals surface area (Å²) in [5.41, 5.74) is 9.46. The van der Waals surface area contributed by atoms with E-state index in [1.165, 1.54) is 12.1 Å². The summed E-state index contributed by atoms with van der Waals surface area (Å²) >= 11 is 0. The van der Waals surface area contributed by atoms with E-state index in [0.717, 1.165) is 5.56 Å². The van der Waals surface area contributed by atoms with E-state index in [-0.39, 0.29) is 40.7 Å². The highest BCUT2D eigenvalue weighted by atomic mass is 32.2. The number of sulfonamides is 1. The Morgan fingerprint density at radius 3 is 2.59 bits per heavy atom. The normalized spacial score (nSPS) is 18.4.